The first-order valence-corrected chi connectivity index (χ1v) is 21.4. The molecule has 2 aromatic heterocycles. The van der Waals surface area contributed by atoms with E-state index in [0.29, 0.717) is 11.8 Å². The van der Waals surface area contributed by atoms with Crippen LogP contribution >= 0.6 is 0 Å². The fraction of sp³-hybridized carbons (Fsp3) is 0.385. The summed E-state index contributed by atoms with van der Waals surface area (Å²) in [6.45, 7) is 13.6. The molecule has 282 valence electrons. The molecule has 56 heavy (non-hydrogen) atoms. The van der Waals surface area contributed by atoms with Gasteiger partial charge in [0, 0.05) is 32.7 Å². The topological polar surface area (TPSA) is 51.6 Å². The Morgan fingerprint density at radius 3 is 1.20 bits per heavy atom. The molecule has 0 N–H and O–H groups in total. The van der Waals surface area contributed by atoms with Crippen LogP contribution in [0.1, 0.15) is 140 Å². The molecule has 10 rings (SSSR count). The smallest absolute Gasteiger partial charge is 0.160 e. The zero-order valence-electron chi connectivity index (χ0n) is 34.1. The second-order valence-corrected chi connectivity index (χ2v) is 19.1. The summed E-state index contributed by atoms with van der Waals surface area (Å²) >= 11 is 0. The van der Waals surface area contributed by atoms with Gasteiger partial charge in [-0.25, -0.2) is 19.9 Å². The van der Waals surface area contributed by atoms with Crippen molar-refractivity contribution in [2.45, 2.75) is 128 Å². The van der Waals surface area contributed by atoms with Crippen molar-refractivity contribution in [1.29, 1.82) is 0 Å². The lowest BCUT2D eigenvalue weighted by molar-refractivity contribution is 0.445. The molecular weight excluding hydrogens is 681 g/mol. The Bertz CT molecular complexity index is 2590. The predicted octanol–water partition coefficient (Wildman–Crippen LogP) is 14.5. The van der Waals surface area contributed by atoms with Crippen LogP contribution in [0.15, 0.2) is 84.9 Å². The molecule has 0 unspecified atom stereocenters. The van der Waals surface area contributed by atoms with Crippen LogP contribution in [0.25, 0.3) is 76.9 Å². The molecule has 8 aromatic rings. The summed E-state index contributed by atoms with van der Waals surface area (Å²) in [6, 6.07) is 31.8. The van der Waals surface area contributed by atoms with Crippen molar-refractivity contribution in [3.63, 3.8) is 0 Å². The highest BCUT2D eigenvalue weighted by Crippen LogP contribution is 2.50. The van der Waals surface area contributed by atoms with E-state index < -0.39 is 0 Å². The normalized spacial score (nSPS) is 16.6. The van der Waals surface area contributed by atoms with Gasteiger partial charge in [-0.15, -0.1) is 0 Å². The van der Waals surface area contributed by atoms with Crippen LogP contribution in [0.3, 0.4) is 0 Å². The SMILES string of the molecule is CC(C)(C)c1nc(-c2ccc3c(C4CCCCC4)cc4c(-c5nc(C(C)(C)C)c6ccccc6n5)ccc5c(C6CCCCC6)cc2c3c45)nc2ccccc12. The van der Waals surface area contributed by atoms with E-state index in [-0.39, 0.29) is 10.8 Å². The second-order valence-electron chi connectivity index (χ2n) is 19.1. The third-order valence-electron chi connectivity index (χ3n) is 13.2. The monoisotopic (exact) mass is 734 g/mol. The van der Waals surface area contributed by atoms with Crippen molar-refractivity contribution in [2.24, 2.45) is 0 Å². The van der Waals surface area contributed by atoms with E-state index >= 15 is 0 Å². The molecule has 0 saturated heterocycles. The van der Waals surface area contributed by atoms with Gasteiger partial charge in [0.1, 0.15) is 0 Å². The summed E-state index contributed by atoms with van der Waals surface area (Å²) in [5, 5.41) is 10.4. The summed E-state index contributed by atoms with van der Waals surface area (Å²) in [5.41, 5.74) is 9.19. The van der Waals surface area contributed by atoms with Crippen LogP contribution in [0.5, 0.6) is 0 Å². The number of hydrogen-bond acceptors (Lipinski definition) is 4. The molecule has 0 bridgehead atoms. The maximum atomic E-state index is 5.47. The molecule has 2 saturated carbocycles. The van der Waals surface area contributed by atoms with Gasteiger partial charge in [-0.2, -0.15) is 0 Å². The maximum Gasteiger partial charge on any atom is 0.160 e. The average molecular weight is 735 g/mol. The molecule has 2 heterocycles. The Hall–Kier alpha value is -4.96. The first-order valence-electron chi connectivity index (χ1n) is 21.4. The van der Waals surface area contributed by atoms with E-state index in [1.165, 1.54) is 108 Å². The quantitative estimate of drug-likeness (QED) is 0.169. The molecule has 0 aliphatic heterocycles. The van der Waals surface area contributed by atoms with Crippen LogP contribution in [0.2, 0.25) is 0 Å². The summed E-state index contributed by atoms with van der Waals surface area (Å²) in [5.74, 6) is 2.71. The lowest BCUT2D eigenvalue weighted by atomic mass is 9.76. The van der Waals surface area contributed by atoms with E-state index in [0.717, 1.165) is 56.0 Å². The third kappa shape index (κ3) is 5.85. The molecule has 0 radical (unpaired) electrons. The second kappa shape index (κ2) is 13.3. The minimum atomic E-state index is -0.136. The highest BCUT2D eigenvalue weighted by atomic mass is 14.9. The Morgan fingerprint density at radius 2 is 0.804 bits per heavy atom. The standard InChI is InChI=1S/C52H54N4/c1-51(2,3)47-37-21-13-15-23-43(37)53-49(55-47)35-27-25-33-40(32-19-11-8-12-20-32)30-42-36(50-54-44-24-16-14-22-38(44)48(56-50)52(4,5)6)28-26-34-39(31-17-9-7-10-18-31)29-41(35)45(33)46(34)42/h13-16,21-32H,7-12,17-20H2,1-6H3. The minimum Gasteiger partial charge on any atom is -0.232 e. The molecule has 4 nitrogen and oxygen atoms in total. The maximum absolute atomic E-state index is 5.47. The fourth-order valence-corrected chi connectivity index (χ4v) is 10.5. The minimum absolute atomic E-state index is 0.136. The van der Waals surface area contributed by atoms with Crippen molar-refractivity contribution >= 4 is 54.1 Å². The number of aromatic nitrogens is 4. The van der Waals surface area contributed by atoms with E-state index in [1.807, 2.05) is 0 Å². The molecule has 2 fully saturated rings. The van der Waals surface area contributed by atoms with Crippen molar-refractivity contribution in [2.75, 3.05) is 0 Å². The van der Waals surface area contributed by atoms with Crippen LogP contribution in [-0.2, 0) is 10.8 Å². The first kappa shape index (κ1) is 35.5. The molecule has 6 aromatic carbocycles. The number of hydrogen-bond donors (Lipinski definition) is 0. The largest absolute Gasteiger partial charge is 0.232 e. The van der Waals surface area contributed by atoms with Crippen molar-refractivity contribution in [3.05, 3.63) is 107 Å². The summed E-state index contributed by atoms with van der Waals surface area (Å²) in [7, 11) is 0. The van der Waals surface area contributed by atoms with Crippen LogP contribution in [0, 0.1) is 0 Å². The fourth-order valence-electron chi connectivity index (χ4n) is 10.5. The number of fused-ring (bicyclic) bond motifs is 2. The summed E-state index contributed by atoms with van der Waals surface area (Å²) in [4.78, 5) is 21.7. The zero-order valence-corrected chi connectivity index (χ0v) is 34.1. The molecular formula is C52H54N4. The Labute approximate surface area is 331 Å². The Kier molecular flexibility index (Phi) is 8.43. The number of benzene rings is 6. The molecule has 2 aliphatic carbocycles. The van der Waals surface area contributed by atoms with Crippen molar-refractivity contribution in [3.8, 4) is 22.8 Å². The van der Waals surface area contributed by atoms with Crippen molar-refractivity contribution < 1.29 is 0 Å². The highest BCUT2D eigenvalue weighted by Gasteiger charge is 2.29. The van der Waals surface area contributed by atoms with Gasteiger partial charge in [0.25, 0.3) is 0 Å². The zero-order chi connectivity index (χ0) is 38.3. The van der Waals surface area contributed by atoms with Gasteiger partial charge < -0.3 is 0 Å². The number of para-hydroxylation sites is 2. The van der Waals surface area contributed by atoms with Crippen LogP contribution in [0.4, 0.5) is 0 Å². The molecule has 0 atom stereocenters. The highest BCUT2D eigenvalue weighted by molar-refractivity contribution is 6.29. The predicted molar refractivity (Wildman–Crippen MR) is 236 cm³/mol. The van der Waals surface area contributed by atoms with Crippen LogP contribution < -0.4 is 0 Å². The van der Waals surface area contributed by atoms with Gasteiger partial charge in [0.2, 0.25) is 0 Å². The van der Waals surface area contributed by atoms with Gasteiger partial charge in [0.15, 0.2) is 11.6 Å². The molecule has 4 heteroatoms. The lowest BCUT2D eigenvalue weighted by Gasteiger charge is -2.29. The van der Waals surface area contributed by atoms with E-state index in [4.69, 9.17) is 19.9 Å². The molecule has 2 aliphatic rings. The van der Waals surface area contributed by atoms with Gasteiger partial charge in [-0.05, 0) is 117 Å². The first-order chi connectivity index (χ1) is 27.0. The summed E-state index contributed by atoms with van der Waals surface area (Å²) in [6.07, 6.45) is 12.8. The van der Waals surface area contributed by atoms with Gasteiger partial charge >= 0.3 is 0 Å². The molecule has 0 amide bonds. The van der Waals surface area contributed by atoms with E-state index in [9.17, 15) is 0 Å². The molecule has 0 spiro atoms. The van der Waals surface area contributed by atoms with Crippen LogP contribution in [-0.4, -0.2) is 19.9 Å². The van der Waals surface area contributed by atoms with E-state index in [1.54, 1.807) is 0 Å². The number of nitrogens with zero attached hydrogens (tertiary/aromatic N) is 4. The Balaban J connectivity index is 1.35. The summed E-state index contributed by atoms with van der Waals surface area (Å²) < 4.78 is 0. The Morgan fingerprint density at radius 1 is 0.411 bits per heavy atom. The third-order valence-corrected chi connectivity index (χ3v) is 13.2. The number of rotatable bonds is 4. The van der Waals surface area contributed by atoms with Gasteiger partial charge in [0.05, 0.1) is 22.4 Å². The lowest BCUT2D eigenvalue weighted by Crippen LogP contribution is -2.15. The van der Waals surface area contributed by atoms with Gasteiger partial charge in [-0.1, -0.05) is 129 Å². The van der Waals surface area contributed by atoms with Crippen molar-refractivity contribution in [1.82, 2.24) is 19.9 Å². The van der Waals surface area contributed by atoms with E-state index in [2.05, 4.69) is 126 Å². The van der Waals surface area contributed by atoms with Gasteiger partial charge in [-0.3, -0.25) is 0 Å². The average Bonchev–Trinajstić information content (AvgIpc) is 3.21.